The summed E-state index contributed by atoms with van der Waals surface area (Å²) in [5, 5.41) is 3.89. The van der Waals surface area contributed by atoms with E-state index in [0.717, 1.165) is 0 Å². The highest BCUT2D eigenvalue weighted by Crippen LogP contribution is 2.33. The number of carbonyl (C=O) groups is 1. The quantitative estimate of drug-likeness (QED) is 0.662. The molecular formula is C17H12ClFN2O3. The molecule has 0 saturated heterocycles. The lowest BCUT2D eigenvalue weighted by Gasteiger charge is -2.06. The number of hydrogen-bond acceptors (Lipinski definition) is 5. The number of pyridine rings is 1. The van der Waals surface area contributed by atoms with Gasteiger partial charge >= 0.3 is 5.97 Å². The molecular weight excluding hydrogens is 335 g/mol. The zero-order valence-electron chi connectivity index (χ0n) is 12.6. The standard InChI is InChI=1S/C17H12ClFN2O3/c1-10-14(17(22)23-9-11-5-2-3-8-20-11)16(21-24-10)15-12(18)6-4-7-13(15)19/h2-8H,9H2,1H3. The Balaban J connectivity index is 1.91. The van der Waals surface area contributed by atoms with E-state index in [9.17, 15) is 9.18 Å². The number of ether oxygens (including phenoxy) is 1. The van der Waals surface area contributed by atoms with Gasteiger partial charge in [-0.2, -0.15) is 0 Å². The molecule has 0 aliphatic carbocycles. The molecule has 3 aromatic rings. The highest BCUT2D eigenvalue weighted by atomic mass is 35.5. The van der Waals surface area contributed by atoms with E-state index < -0.39 is 11.8 Å². The lowest BCUT2D eigenvalue weighted by molar-refractivity contribution is 0.0466. The van der Waals surface area contributed by atoms with Crippen molar-refractivity contribution in [3.8, 4) is 11.3 Å². The number of esters is 1. The lowest BCUT2D eigenvalue weighted by Crippen LogP contribution is -2.08. The Morgan fingerprint density at radius 2 is 2.12 bits per heavy atom. The summed E-state index contributed by atoms with van der Waals surface area (Å²) in [6.45, 7) is 1.53. The third kappa shape index (κ3) is 3.14. The highest BCUT2D eigenvalue weighted by molar-refractivity contribution is 6.33. The van der Waals surface area contributed by atoms with Gasteiger partial charge in [-0.15, -0.1) is 0 Å². The third-order valence-electron chi connectivity index (χ3n) is 3.34. The maximum Gasteiger partial charge on any atom is 0.344 e. The smallest absolute Gasteiger partial charge is 0.344 e. The van der Waals surface area contributed by atoms with Crippen LogP contribution in [0.3, 0.4) is 0 Å². The van der Waals surface area contributed by atoms with Gasteiger partial charge in [-0.1, -0.05) is 28.9 Å². The topological polar surface area (TPSA) is 65.2 Å². The van der Waals surface area contributed by atoms with E-state index in [-0.39, 0.29) is 34.2 Å². The first-order valence-corrected chi connectivity index (χ1v) is 7.43. The molecule has 122 valence electrons. The predicted molar refractivity (Wildman–Crippen MR) is 85.0 cm³/mol. The Morgan fingerprint density at radius 3 is 2.83 bits per heavy atom. The summed E-state index contributed by atoms with van der Waals surface area (Å²) in [6.07, 6.45) is 1.60. The number of benzene rings is 1. The number of rotatable bonds is 4. The summed E-state index contributed by atoms with van der Waals surface area (Å²) in [5.41, 5.74) is 0.644. The van der Waals surface area contributed by atoms with Gasteiger partial charge in [0.15, 0.2) is 0 Å². The molecule has 5 nitrogen and oxygen atoms in total. The molecule has 0 fully saturated rings. The van der Waals surface area contributed by atoms with Crippen LogP contribution in [0.5, 0.6) is 0 Å². The second-order valence-electron chi connectivity index (χ2n) is 4.96. The average Bonchev–Trinajstić information content (AvgIpc) is 2.95. The molecule has 0 N–H and O–H groups in total. The van der Waals surface area contributed by atoms with Gasteiger partial charge in [0.25, 0.3) is 0 Å². The van der Waals surface area contributed by atoms with Gasteiger partial charge in [0.2, 0.25) is 0 Å². The Morgan fingerprint density at radius 1 is 1.29 bits per heavy atom. The summed E-state index contributed by atoms with van der Waals surface area (Å²) in [4.78, 5) is 16.5. The Labute approximate surface area is 142 Å². The van der Waals surface area contributed by atoms with Crippen molar-refractivity contribution in [3.05, 3.63) is 70.5 Å². The molecule has 7 heteroatoms. The Hall–Kier alpha value is -2.73. The molecule has 0 spiro atoms. The molecule has 2 heterocycles. The molecule has 0 bridgehead atoms. The van der Waals surface area contributed by atoms with Crippen LogP contribution in [-0.4, -0.2) is 16.1 Å². The van der Waals surface area contributed by atoms with Crippen molar-refractivity contribution in [3.63, 3.8) is 0 Å². The first kappa shape index (κ1) is 16.1. The van der Waals surface area contributed by atoms with Gasteiger partial charge in [0.05, 0.1) is 16.3 Å². The molecule has 0 amide bonds. The molecule has 0 atom stereocenters. The fraction of sp³-hybridized carbons (Fsp3) is 0.118. The highest BCUT2D eigenvalue weighted by Gasteiger charge is 2.26. The minimum Gasteiger partial charge on any atom is -0.455 e. The summed E-state index contributed by atoms with van der Waals surface area (Å²) >= 11 is 6.04. The normalized spacial score (nSPS) is 10.6. The minimum atomic E-state index is -0.686. The monoisotopic (exact) mass is 346 g/mol. The lowest BCUT2D eigenvalue weighted by atomic mass is 10.1. The zero-order valence-corrected chi connectivity index (χ0v) is 13.4. The van der Waals surface area contributed by atoms with Crippen LogP contribution < -0.4 is 0 Å². The van der Waals surface area contributed by atoms with Crippen molar-refractivity contribution >= 4 is 17.6 Å². The third-order valence-corrected chi connectivity index (χ3v) is 3.66. The Kier molecular flexibility index (Phi) is 4.57. The van der Waals surface area contributed by atoms with E-state index in [0.29, 0.717) is 5.69 Å². The van der Waals surface area contributed by atoms with E-state index in [1.807, 2.05) is 0 Å². The van der Waals surface area contributed by atoms with Crippen LogP contribution in [0.25, 0.3) is 11.3 Å². The largest absolute Gasteiger partial charge is 0.455 e. The van der Waals surface area contributed by atoms with Crippen LogP contribution in [0, 0.1) is 12.7 Å². The summed E-state index contributed by atoms with van der Waals surface area (Å²) in [5.74, 6) is -1.07. The molecule has 0 saturated carbocycles. The van der Waals surface area contributed by atoms with Gasteiger partial charge in [0.1, 0.15) is 29.4 Å². The predicted octanol–water partition coefficient (Wildman–Crippen LogP) is 4.19. The maximum absolute atomic E-state index is 14.1. The van der Waals surface area contributed by atoms with Crippen molar-refractivity contribution in [2.75, 3.05) is 0 Å². The van der Waals surface area contributed by atoms with Gasteiger partial charge in [0, 0.05) is 6.20 Å². The molecule has 0 aliphatic rings. The first-order valence-electron chi connectivity index (χ1n) is 7.05. The second kappa shape index (κ2) is 6.80. The summed E-state index contributed by atoms with van der Waals surface area (Å²) in [6, 6.07) is 9.47. The number of nitrogens with zero attached hydrogens (tertiary/aromatic N) is 2. The fourth-order valence-electron chi connectivity index (χ4n) is 2.20. The van der Waals surface area contributed by atoms with Crippen LogP contribution in [0.15, 0.2) is 47.1 Å². The van der Waals surface area contributed by atoms with Crippen LogP contribution in [-0.2, 0) is 11.3 Å². The van der Waals surface area contributed by atoms with Crippen molar-refractivity contribution in [2.45, 2.75) is 13.5 Å². The van der Waals surface area contributed by atoms with Crippen LogP contribution in [0.2, 0.25) is 5.02 Å². The molecule has 1 aromatic carbocycles. The van der Waals surface area contributed by atoms with E-state index >= 15 is 0 Å². The SMILES string of the molecule is Cc1onc(-c2c(F)cccc2Cl)c1C(=O)OCc1ccccn1. The van der Waals surface area contributed by atoms with Gasteiger partial charge in [-0.3, -0.25) is 4.98 Å². The molecule has 3 rings (SSSR count). The van der Waals surface area contributed by atoms with Crippen LogP contribution in [0.1, 0.15) is 21.8 Å². The molecule has 0 radical (unpaired) electrons. The molecule has 0 aliphatic heterocycles. The zero-order chi connectivity index (χ0) is 17.1. The van der Waals surface area contributed by atoms with E-state index in [4.69, 9.17) is 20.9 Å². The van der Waals surface area contributed by atoms with Crippen LogP contribution >= 0.6 is 11.6 Å². The average molecular weight is 347 g/mol. The molecule has 0 unspecified atom stereocenters. The Bertz CT molecular complexity index is 861. The van der Waals surface area contributed by atoms with Crippen molar-refractivity contribution < 1.29 is 18.4 Å². The van der Waals surface area contributed by atoms with Gasteiger partial charge < -0.3 is 9.26 Å². The number of aryl methyl sites for hydroxylation is 1. The second-order valence-corrected chi connectivity index (χ2v) is 5.36. The van der Waals surface area contributed by atoms with E-state index in [1.165, 1.54) is 18.2 Å². The van der Waals surface area contributed by atoms with Gasteiger partial charge in [-0.25, -0.2) is 9.18 Å². The fourth-order valence-corrected chi connectivity index (χ4v) is 2.45. The number of aromatic nitrogens is 2. The van der Waals surface area contributed by atoms with Crippen molar-refractivity contribution in [1.82, 2.24) is 10.1 Å². The van der Waals surface area contributed by atoms with Gasteiger partial charge in [-0.05, 0) is 31.2 Å². The maximum atomic E-state index is 14.1. The van der Waals surface area contributed by atoms with Crippen LogP contribution in [0.4, 0.5) is 4.39 Å². The van der Waals surface area contributed by atoms with E-state index in [2.05, 4.69) is 10.1 Å². The number of hydrogen-bond donors (Lipinski definition) is 0. The molecule has 2 aromatic heterocycles. The number of carbonyl (C=O) groups excluding carboxylic acids is 1. The molecule has 24 heavy (non-hydrogen) atoms. The van der Waals surface area contributed by atoms with Crippen molar-refractivity contribution in [1.29, 1.82) is 0 Å². The number of halogens is 2. The first-order chi connectivity index (χ1) is 11.6. The minimum absolute atomic E-state index is 0.000743. The van der Waals surface area contributed by atoms with Crippen molar-refractivity contribution in [2.24, 2.45) is 0 Å². The summed E-state index contributed by atoms with van der Waals surface area (Å²) in [7, 11) is 0. The van der Waals surface area contributed by atoms with E-state index in [1.54, 1.807) is 31.3 Å². The summed E-state index contributed by atoms with van der Waals surface area (Å²) < 4.78 is 24.4.